The van der Waals surface area contributed by atoms with Crippen molar-refractivity contribution in [2.45, 2.75) is 30.4 Å². The number of rotatable bonds is 2. The Morgan fingerprint density at radius 3 is 3.07 bits per heavy atom. The molecule has 5 rings (SSSR count). The minimum absolute atomic E-state index is 0.0398. The highest BCUT2D eigenvalue weighted by molar-refractivity contribution is 7.99. The Bertz CT molecular complexity index is 1130. The minimum Gasteiger partial charge on any atom is -0.479 e. The lowest BCUT2D eigenvalue weighted by Crippen LogP contribution is -2.36. The van der Waals surface area contributed by atoms with E-state index in [0.29, 0.717) is 28.9 Å². The second-order valence-electron chi connectivity index (χ2n) is 6.67. The van der Waals surface area contributed by atoms with Crippen molar-refractivity contribution in [1.29, 1.82) is 0 Å². The zero-order valence-corrected chi connectivity index (χ0v) is 15.3. The van der Waals surface area contributed by atoms with Gasteiger partial charge in [-0.25, -0.2) is 4.98 Å². The van der Waals surface area contributed by atoms with Crippen LogP contribution >= 0.6 is 11.8 Å². The van der Waals surface area contributed by atoms with Crippen LogP contribution in [0.2, 0.25) is 0 Å². The molecule has 0 spiro atoms. The summed E-state index contributed by atoms with van der Waals surface area (Å²) in [5.74, 6) is 1.90. The van der Waals surface area contributed by atoms with Crippen LogP contribution in [0, 0.1) is 0 Å². The predicted octanol–water partition coefficient (Wildman–Crippen LogP) is 2.83. The van der Waals surface area contributed by atoms with E-state index in [1.807, 2.05) is 24.3 Å². The Morgan fingerprint density at radius 1 is 1.26 bits per heavy atom. The van der Waals surface area contributed by atoms with E-state index in [1.165, 1.54) is 0 Å². The average molecular weight is 379 g/mol. The molecule has 1 amide bonds. The molecule has 6 nitrogen and oxygen atoms in total. The smallest absolute Gasteiger partial charge is 0.266 e. The average Bonchev–Trinajstić information content (AvgIpc) is 3.17. The molecule has 0 unspecified atom stereocenters. The third-order valence-electron chi connectivity index (χ3n) is 4.88. The number of benzene rings is 2. The molecule has 2 aliphatic rings. The summed E-state index contributed by atoms with van der Waals surface area (Å²) in [6, 6.07) is 13.0. The Balaban J connectivity index is 1.40. The fourth-order valence-electron chi connectivity index (χ4n) is 3.53. The van der Waals surface area contributed by atoms with Crippen LogP contribution in [0.4, 0.5) is 5.69 Å². The van der Waals surface area contributed by atoms with Crippen LogP contribution < -0.4 is 15.6 Å². The van der Waals surface area contributed by atoms with Crippen LogP contribution in [-0.4, -0.2) is 27.3 Å². The number of carbonyl (C=O) groups is 1. The van der Waals surface area contributed by atoms with E-state index < -0.39 is 6.10 Å². The highest BCUT2D eigenvalue weighted by Gasteiger charge is 2.26. The molecule has 1 aromatic heterocycles. The molecular formula is C20H17N3O3S. The van der Waals surface area contributed by atoms with Gasteiger partial charge in [-0.2, -0.15) is 0 Å². The molecular weight excluding hydrogens is 362 g/mol. The Kier molecular flexibility index (Phi) is 3.89. The van der Waals surface area contributed by atoms with Crippen molar-refractivity contribution < 1.29 is 9.53 Å². The molecule has 0 saturated heterocycles. The van der Waals surface area contributed by atoms with Crippen LogP contribution in [0.25, 0.3) is 10.9 Å². The molecule has 0 fully saturated rings. The summed E-state index contributed by atoms with van der Waals surface area (Å²) in [7, 11) is 0. The number of nitrogens with one attached hydrogen (secondary N) is 1. The van der Waals surface area contributed by atoms with E-state index in [9.17, 15) is 9.59 Å². The summed E-state index contributed by atoms with van der Waals surface area (Å²) in [5.41, 5.74) is 1.21. The first-order chi connectivity index (χ1) is 13.2. The van der Waals surface area contributed by atoms with Gasteiger partial charge in [-0.05, 0) is 36.8 Å². The Morgan fingerprint density at radius 2 is 2.15 bits per heavy atom. The third-order valence-corrected chi connectivity index (χ3v) is 6.00. The second-order valence-corrected chi connectivity index (χ2v) is 7.74. The number of hydrogen-bond acceptors (Lipinski definition) is 5. The number of aryl methyl sites for hydroxylation is 1. The number of nitrogens with zero attached hydrogens (tertiary/aromatic N) is 2. The molecule has 0 bridgehead atoms. The number of para-hydroxylation sites is 1. The fraction of sp³-hybridized carbons (Fsp3) is 0.250. The highest BCUT2D eigenvalue weighted by Crippen LogP contribution is 2.35. The zero-order chi connectivity index (χ0) is 18.4. The summed E-state index contributed by atoms with van der Waals surface area (Å²) in [6.07, 6.45) is 1.21. The lowest BCUT2D eigenvalue weighted by Gasteiger charge is -2.24. The normalized spacial score (nSPS) is 17.9. The van der Waals surface area contributed by atoms with E-state index in [1.54, 1.807) is 34.5 Å². The van der Waals surface area contributed by atoms with Gasteiger partial charge in [-0.15, -0.1) is 11.8 Å². The second kappa shape index (κ2) is 6.42. The van der Waals surface area contributed by atoms with Crippen molar-refractivity contribution in [3.8, 4) is 5.75 Å². The van der Waals surface area contributed by atoms with Gasteiger partial charge >= 0.3 is 0 Å². The van der Waals surface area contributed by atoms with Crippen LogP contribution in [-0.2, 0) is 17.8 Å². The molecule has 1 atom stereocenters. The summed E-state index contributed by atoms with van der Waals surface area (Å²) >= 11 is 1.61. The SMILES string of the molecule is O=C(Nc1ccc2nc3n(c(=O)c2c1)CCC3)[C@@H]1CSc2ccccc2O1. The lowest BCUT2D eigenvalue weighted by molar-refractivity contribution is -0.122. The van der Waals surface area contributed by atoms with Crippen LogP contribution in [0.5, 0.6) is 5.75 Å². The number of aromatic nitrogens is 2. The third kappa shape index (κ3) is 2.88. The standard InChI is InChI=1S/C20H17N3O3S/c24-19(16-11-27-17-5-2-1-4-15(17)26-16)21-12-7-8-14-13(10-12)20(25)23-9-3-6-18(23)22-14/h1-2,4-5,7-8,10,16H,3,6,9,11H2,(H,21,24)/t16-/m0/s1. The number of thioether (sulfide) groups is 1. The molecule has 0 radical (unpaired) electrons. The lowest BCUT2D eigenvalue weighted by atomic mass is 10.2. The van der Waals surface area contributed by atoms with Gasteiger partial charge in [0.15, 0.2) is 6.10 Å². The molecule has 2 aliphatic heterocycles. The first-order valence-electron chi connectivity index (χ1n) is 8.92. The molecule has 7 heteroatoms. The zero-order valence-electron chi connectivity index (χ0n) is 14.5. The summed E-state index contributed by atoms with van der Waals surface area (Å²) in [6.45, 7) is 0.709. The predicted molar refractivity (Wildman–Crippen MR) is 105 cm³/mol. The maximum atomic E-state index is 12.7. The van der Waals surface area contributed by atoms with Gasteiger partial charge in [-0.3, -0.25) is 14.2 Å². The topological polar surface area (TPSA) is 73.2 Å². The first-order valence-corrected chi connectivity index (χ1v) is 9.90. The largest absolute Gasteiger partial charge is 0.479 e. The number of fused-ring (bicyclic) bond motifs is 3. The van der Waals surface area contributed by atoms with Crippen LogP contribution in [0.1, 0.15) is 12.2 Å². The number of ether oxygens (including phenoxy) is 1. The van der Waals surface area contributed by atoms with Gasteiger partial charge in [0.2, 0.25) is 0 Å². The van der Waals surface area contributed by atoms with Gasteiger partial charge in [0.05, 0.1) is 10.9 Å². The van der Waals surface area contributed by atoms with Gasteiger partial charge in [0, 0.05) is 29.3 Å². The molecule has 3 heterocycles. The van der Waals surface area contributed by atoms with Gasteiger partial charge in [-0.1, -0.05) is 12.1 Å². The number of amides is 1. The quantitative estimate of drug-likeness (QED) is 0.741. The van der Waals surface area contributed by atoms with Crippen LogP contribution in [0.3, 0.4) is 0 Å². The Labute approximate surface area is 159 Å². The summed E-state index contributed by atoms with van der Waals surface area (Å²) in [4.78, 5) is 30.9. The molecule has 27 heavy (non-hydrogen) atoms. The molecule has 0 saturated carbocycles. The van der Waals surface area contributed by atoms with E-state index in [4.69, 9.17) is 4.74 Å². The van der Waals surface area contributed by atoms with Crippen molar-refractivity contribution in [3.63, 3.8) is 0 Å². The van der Waals surface area contributed by atoms with E-state index in [0.717, 1.165) is 29.3 Å². The monoisotopic (exact) mass is 379 g/mol. The van der Waals surface area contributed by atoms with Gasteiger partial charge in [0.1, 0.15) is 11.6 Å². The maximum absolute atomic E-state index is 12.7. The number of carbonyl (C=O) groups excluding carboxylic acids is 1. The van der Waals surface area contributed by atoms with Crippen molar-refractivity contribution in [1.82, 2.24) is 9.55 Å². The van der Waals surface area contributed by atoms with Crippen LogP contribution in [0.15, 0.2) is 52.2 Å². The summed E-state index contributed by atoms with van der Waals surface area (Å²) < 4.78 is 7.55. The minimum atomic E-state index is -0.570. The Hall–Kier alpha value is -2.80. The van der Waals surface area contributed by atoms with E-state index in [2.05, 4.69) is 10.3 Å². The van der Waals surface area contributed by atoms with Crippen molar-refractivity contribution >= 4 is 34.3 Å². The number of hydrogen-bond donors (Lipinski definition) is 1. The highest BCUT2D eigenvalue weighted by atomic mass is 32.2. The van der Waals surface area contributed by atoms with Crippen molar-refractivity contribution in [3.05, 3.63) is 58.6 Å². The fourth-order valence-corrected chi connectivity index (χ4v) is 4.52. The molecule has 136 valence electrons. The van der Waals surface area contributed by atoms with E-state index in [-0.39, 0.29) is 11.5 Å². The van der Waals surface area contributed by atoms with E-state index >= 15 is 0 Å². The first kappa shape index (κ1) is 16.4. The molecule has 3 aromatic rings. The van der Waals surface area contributed by atoms with Gasteiger partial charge in [0.25, 0.3) is 11.5 Å². The molecule has 2 aromatic carbocycles. The van der Waals surface area contributed by atoms with Crippen molar-refractivity contribution in [2.75, 3.05) is 11.1 Å². The number of anilines is 1. The van der Waals surface area contributed by atoms with Gasteiger partial charge < -0.3 is 10.1 Å². The maximum Gasteiger partial charge on any atom is 0.266 e. The summed E-state index contributed by atoms with van der Waals surface area (Å²) in [5, 5.41) is 3.41. The van der Waals surface area contributed by atoms with Crippen molar-refractivity contribution in [2.24, 2.45) is 0 Å². The molecule has 0 aliphatic carbocycles. The molecule has 1 N–H and O–H groups in total.